The lowest BCUT2D eigenvalue weighted by molar-refractivity contribution is -0.384. The number of nitro groups is 1. The van der Waals surface area contributed by atoms with Gasteiger partial charge in [0.05, 0.1) is 10.5 Å². The van der Waals surface area contributed by atoms with E-state index in [9.17, 15) is 10.1 Å². The van der Waals surface area contributed by atoms with Gasteiger partial charge in [-0.05, 0) is 26.0 Å². The van der Waals surface area contributed by atoms with E-state index in [-0.39, 0.29) is 17.1 Å². The Labute approximate surface area is 121 Å². The normalized spacial score (nSPS) is 15.2. The molecule has 8 heteroatoms. The zero-order valence-electron chi connectivity index (χ0n) is 11.7. The predicted molar refractivity (Wildman–Crippen MR) is 76.8 cm³/mol. The van der Waals surface area contributed by atoms with Crippen molar-refractivity contribution in [3.8, 4) is 5.75 Å². The van der Waals surface area contributed by atoms with E-state index in [2.05, 4.69) is 10.1 Å². The first-order chi connectivity index (χ1) is 10.0. The van der Waals surface area contributed by atoms with Gasteiger partial charge in [-0.2, -0.15) is 0 Å². The molecule has 0 amide bonds. The van der Waals surface area contributed by atoms with Crippen LogP contribution in [0.15, 0.2) is 23.4 Å². The molecule has 2 rings (SSSR count). The summed E-state index contributed by atoms with van der Waals surface area (Å²) in [6.45, 7) is 1.17. The highest BCUT2D eigenvalue weighted by molar-refractivity contribution is 6.00. The summed E-state index contributed by atoms with van der Waals surface area (Å²) in [6, 6.07) is 4.65. The number of amidine groups is 1. The molecule has 0 aromatic heterocycles. The molecule has 0 bridgehead atoms. The van der Waals surface area contributed by atoms with Gasteiger partial charge < -0.3 is 20.6 Å². The van der Waals surface area contributed by atoms with Crippen LogP contribution in [0, 0.1) is 10.1 Å². The van der Waals surface area contributed by atoms with Crippen LogP contribution in [0.25, 0.3) is 0 Å². The second-order valence-electron chi connectivity index (χ2n) is 4.98. The van der Waals surface area contributed by atoms with Crippen molar-refractivity contribution in [1.82, 2.24) is 4.90 Å². The van der Waals surface area contributed by atoms with E-state index in [1.54, 1.807) is 0 Å². The van der Waals surface area contributed by atoms with Gasteiger partial charge in [-0.25, -0.2) is 0 Å². The maximum Gasteiger partial charge on any atom is 0.270 e. The van der Waals surface area contributed by atoms with Gasteiger partial charge in [0.15, 0.2) is 5.84 Å². The zero-order chi connectivity index (χ0) is 15.4. The summed E-state index contributed by atoms with van der Waals surface area (Å²) in [5.74, 6) is 0.143. The molecule has 1 aliphatic rings. The minimum Gasteiger partial charge on any atom is -0.491 e. The van der Waals surface area contributed by atoms with Gasteiger partial charge in [0.1, 0.15) is 12.4 Å². The summed E-state index contributed by atoms with van der Waals surface area (Å²) >= 11 is 0. The standard InChI is InChI=1S/C13H18N4O4/c1-16(9-2-3-9)6-7-21-12-5-4-10(17(19)20)8-11(12)13(14)15-18/h4-5,8-9,18H,2-3,6-7H2,1H3,(H2,14,15). The highest BCUT2D eigenvalue weighted by atomic mass is 16.6. The lowest BCUT2D eigenvalue weighted by Crippen LogP contribution is -2.26. The quantitative estimate of drug-likeness (QED) is 0.256. The monoisotopic (exact) mass is 294 g/mol. The van der Waals surface area contributed by atoms with Crippen LogP contribution in [0.4, 0.5) is 5.69 Å². The minimum absolute atomic E-state index is 0.140. The molecular formula is C13H18N4O4. The van der Waals surface area contributed by atoms with E-state index in [4.69, 9.17) is 15.7 Å². The van der Waals surface area contributed by atoms with Crippen molar-refractivity contribution in [1.29, 1.82) is 0 Å². The molecule has 1 saturated carbocycles. The Bertz CT molecular complexity index is 557. The van der Waals surface area contributed by atoms with Crippen LogP contribution in [-0.4, -0.2) is 47.1 Å². The Morgan fingerprint density at radius 1 is 1.62 bits per heavy atom. The molecule has 114 valence electrons. The number of likely N-dealkylation sites (N-methyl/N-ethyl adjacent to an activating group) is 1. The van der Waals surface area contributed by atoms with Crippen LogP contribution in [-0.2, 0) is 0 Å². The second-order valence-corrected chi connectivity index (χ2v) is 4.98. The van der Waals surface area contributed by atoms with Crippen molar-refractivity contribution < 1.29 is 14.9 Å². The van der Waals surface area contributed by atoms with E-state index >= 15 is 0 Å². The van der Waals surface area contributed by atoms with Crippen LogP contribution in [0.3, 0.4) is 0 Å². The third kappa shape index (κ3) is 3.82. The Balaban J connectivity index is 2.07. The zero-order valence-corrected chi connectivity index (χ0v) is 11.7. The molecule has 0 atom stereocenters. The van der Waals surface area contributed by atoms with E-state index in [0.717, 1.165) is 6.54 Å². The summed E-state index contributed by atoms with van der Waals surface area (Å²) in [4.78, 5) is 12.4. The van der Waals surface area contributed by atoms with Crippen LogP contribution < -0.4 is 10.5 Å². The lowest BCUT2D eigenvalue weighted by atomic mass is 10.1. The predicted octanol–water partition coefficient (Wildman–Crippen LogP) is 1.16. The van der Waals surface area contributed by atoms with Crippen LogP contribution >= 0.6 is 0 Å². The van der Waals surface area contributed by atoms with Gasteiger partial charge in [0.25, 0.3) is 5.69 Å². The number of nitrogens with two attached hydrogens (primary N) is 1. The molecule has 0 aliphatic heterocycles. The largest absolute Gasteiger partial charge is 0.491 e. The van der Waals surface area contributed by atoms with E-state index in [1.807, 2.05) is 7.05 Å². The summed E-state index contributed by atoms with van der Waals surface area (Å²) in [6.07, 6.45) is 2.42. The number of nitro benzene ring substituents is 1. The van der Waals surface area contributed by atoms with Crippen molar-refractivity contribution in [3.63, 3.8) is 0 Å². The van der Waals surface area contributed by atoms with Crippen molar-refractivity contribution in [2.75, 3.05) is 20.2 Å². The first-order valence-corrected chi connectivity index (χ1v) is 6.62. The van der Waals surface area contributed by atoms with E-state index in [1.165, 1.54) is 31.0 Å². The molecule has 1 aliphatic carbocycles. The van der Waals surface area contributed by atoms with Crippen molar-refractivity contribution in [3.05, 3.63) is 33.9 Å². The number of benzene rings is 1. The number of nitrogens with zero attached hydrogens (tertiary/aromatic N) is 3. The summed E-state index contributed by atoms with van der Waals surface area (Å²) in [5, 5.41) is 22.4. The number of oxime groups is 1. The Hall–Kier alpha value is -2.35. The van der Waals surface area contributed by atoms with Crippen molar-refractivity contribution in [2.24, 2.45) is 10.9 Å². The molecule has 0 unspecified atom stereocenters. The molecule has 1 aromatic rings. The van der Waals surface area contributed by atoms with Gasteiger partial charge in [-0.3, -0.25) is 10.1 Å². The second kappa shape index (κ2) is 6.40. The van der Waals surface area contributed by atoms with Gasteiger partial charge >= 0.3 is 0 Å². The van der Waals surface area contributed by atoms with Gasteiger partial charge in [0, 0.05) is 24.7 Å². The average molecular weight is 294 g/mol. The molecular weight excluding hydrogens is 276 g/mol. The molecule has 8 nitrogen and oxygen atoms in total. The van der Waals surface area contributed by atoms with Gasteiger partial charge in [0.2, 0.25) is 0 Å². The van der Waals surface area contributed by atoms with Crippen molar-refractivity contribution >= 4 is 11.5 Å². The molecule has 3 N–H and O–H groups in total. The van der Waals surface area contributed by atoms with E-state index in [0.29, 0.717) is 18.4 Å². The molecule has 1 fully saturated rings. The fraction of sp³-hybridized carbons (Fsp3) is 0.462. The van der Waals surface area contributed by atoms with E-state index < -0.39 is 4.92 Å². The lowest BCUT2D eigenvalue weighted by Gasteiger charge is -2.16. The Morgan fingerprint density at radius 2 is 2.33 bits per heavy atom. The maximum atomic E-state index is 10.8. The summed E-state index contributed by atoms with van der Waals surface area (Å²) in [7, 11) is 2.03. The molecule has 1 aromatic carbocycles. The molecule has 0 saturated heterocycles. The summed E-state index contributed by atoms with van der Waals surface area (Å²) < 4.78 is 5.61. The highest BCUT2D eigenvalue weighted by Crippen LogP contribution is 2.26. The maximum absolute atomic E-state index is 10.8. The SMILES string of the molecule is CN(CCOc1ccc([N+](=O)[O-])cc1/C(N)=N/O)C1CC1. The third-order valence-corrected chi connectivity index (χ3v) is 3.43. The number of non-ortho nitro benzene ring substituents is 1. The molecule has 0 radical (unpaired) electrons. The molecule has 21 heavy (non-hydrogen) atoms. The fourth-order valence-corrected chi connectivity index (χ4v) is 2.01. The Kier molecular flexibility index (Phi) is 4.59. The fourth-order valence-electron chi connectivity index (χ4n) is 2.01. The van der Waals surface area contributed by atoms with Crippen LogP contribution in [0.1, 0.15) is 18.4 Å². The van der Waals surface area contributed by atoms with Crippen molar-refractivity contribution in [2.45, 2.75) is 18.9 Å². The molecule has 0 spiro atoms. The highest BCUT2D eigenvalue weighted by Gasteiger charge is 2.25. The number of rotatable bonds is 7. The topological polar surface area (TPSA) is 114 Å². The average Bonchev–Trinajstić information content (AvgIpc) is 3.31. The molecule has 0 heterocycles. The Morgan fingerprint density at radius 3 is 2.90 bits per heavy atom. The van der Waals surface area contributed by atoms with Gasteiger partial charge in [-0.15, -0.1) is 0 Å². The van der Waals surface area contributed by atoms with Gasteiger partial charge in [-0.1, -0.05) is 5.16 Å². The smallest absolute Gasteiger partial charge is 0.270 e. The van der Waals surface area contributed by atoms with Crippen LogP contribution in [0.5, 0.6) is 5.75 Å². The third-order valence-electron chi connectivity index (χ3n) is 3.43. The van der Waals surface area contributed by atoms with Crippen LogP contribution in [0.2, 0.25) is 0 Å². The number of hydrogen-bond acceptors (Lipinski definition) is 6. The number of hydrogen-bond donors (Lipinski definition) is 2. The first kappa shape index (κ1) is 15.0. The first-order valence-electron chi connectivity index (χ1n) is 6.62. The minimum atomic E-state index is -0.543. The number of ether oxygens (including phenoxy) is 1. The summed E-state index contributed by atoms with van der Waals surface area (Å²) in [5.41, 5.74) is 5.61.